The van der Waals surface area contributed by atoms with Gasteiger partial charge in [-0.1, -0.05) is 32.0 Å². The van der Waals surface area contributed by atoms with Gasteiger partial charge in [0.1, 0.15) is 5.75 Å². The number of rotatable bonds is 2. The van der Waals surface area contributed by atoms with Crippen molar-refractivity contribution in [3.63, 3.8) is 0 Å². The molecule has 0 saturated heterocycles. The Hall–Kier alpha value is -1.33. The summed E-state index contributed by atoms with van der Waals surface area (Å²) >= 11 is 5.28. The average Bonchev–Trinajstić information content (AvgIpc) is 3.12. The molecule has 4 rings (SSSR count). The van der Waals surface area contributed by atoms with E-state index in [1.54, 1.807) is 11.3 Å². The fourth-order valence-corrected chi connectivity index (χ4v) is 4.50. The minimum atomic E-state index is 0.000743. The zero-order valence-corrected chi connectivity index (χ0v) is 14.9. The van der Waals surface area contributed by atoms with Gasteiger partial charge in [0.2, 0.25) is 0 Å². The van der Waals surface area contributed by atoms with Gasteiger partial charge < -0.3 is 4.74 Å². The molecule has 2 atom stereocenters. The normalized spacial score (nSPS) is 23.1. The summed E-state index contributed by atoms with van der Waals surface area (Å²) in [6.45, 7) is 4.37. The van der Waals surface area contributed by atoms with Gasteiger partial charge in [-0.2, -0.15) is 5.10 Å². The largest absolute Gasteiger partial charge is 0.468 e. The van der Waals surface area contributed by atoms with Crippen LogP contribution >= 0.6 is 27.3 Å². The Kier molecular flexibility index (Phi) is 3.50. The maximum Gasteiger partial charge on any atom is 0.190 e. The van der Waals surface area contributed by atoms with Crippen LogP contribution in [0, 0.1) is 5.92 Å². The van der Waals surface area contributed by atoms with Crippen LogP contribution in [0.2, 0.25) is 0 Å². The van der Waals surface area contributed by atoms with Crippen LogP contribution in [-0.4, -0.2) is 16.9 Å². The van der Waals surface area contributed by atoms with Crippen LogP contribution < -0.4 is 4.74 Å². The molecular formula is C17H17BrN2OS. The van der Waals surface area contributed by atoms with Crippen LogP contribution in [0.1, 0.15) is 36.8 Å². The molecule has 5 heteroatoms. The number of para-hydroxylation sites is 1. The highest BCUT2D eigenvalue weighted by atomic mass is 79.9. The molecule has 3 nitrogen and oxygen atoms in total. The molecule has 0 N–H and O–H groups in total. The number of hydrazone groups is 1. The van der Waals surface area contributed by atoms with Gasteiger partial charge in [-0.25, -0.2) is 5.01 Å². The molecule has 0 amide bonds. The molecule has 3 heterocycles. The fraction of sp³-hybridized carbons (Fsp3) is 0.353. The summed E-state index contributed by atoms with van der Waals surface area (Å²) in [6, 6.07) is 12.9. The highest BCUT2D eigenvalue weighted by molar-refractivity contribution is 9.11. The zero-order valence-electron chi connectivity index (χ0n) is 12.5. The van der Waals surface area contributed by atoms with E-state index in [0.717, 1.165) is 21.7 Å². The first kappa shape index (κ1) is 14.3. The third-order valence-electron chi connectivity index (χ3n) is 4.16. The predicted octanol–water partition coefficient (Wildman–Crippen LogP) is 5.04. The van der Waals surface area contributed by atoms with Gasteiger partial charge in [0.15, 0.2) is 6.23 Å². The second kappa shape index (κ2) is 5.39. The first-order valence-electron chi connectivity index (χ1n) is 7.50. The number of nitrogens with zero attached hydrogens (tertiary/aromatic N) is 2. The molecule has 114 valence electrons. The SMILES string of the molecule is CC(C)C1Oc2ccccc2C2CC(c3ccc(Br)s3)=NN21. The van der Waals surface area contributed by atoms with Gasteiger partial charge in [-0.15, -0.1) is 11.3 Å². The summed E-state index contributed by atoms with van der Waals surface area (Å²) in [4.78, 5) is 1.24. The van der Waals surface area contributed by atoms with Crippen LogP contribution in [0.3, 0.4) is 0 Å². The Balaban J connectivity index is 1.75. The Labute approximate surface area is 142 Å². The Morgan fingerprint density at radius 3 is 2.82 bits per heavy atom. The smallest absolute Gasteiger partial charge is 0.190 e. The minimum absolute atomic E-state index is 0.000743. The standard InChI is InChI=1S/C17H17BrN2OS/c1-10(2)17-20-13(11-5-3-4-6-14(11)21-17)9-12(19-20)15-7-8-16(18)22-15/h3-8,10,13,17H,9H2,1-2H3. The van der Waals surface area contributed by atoms with Gasteiger partial charge >= 0.3 is 0 Å². The van der Waals surface area contributed by atoms with Crippen LogP contribution in [0.25, 0.3) is 0 Å². The van der Waals surface area contributed by atoms with E-state index in [2.05, 4.69) is 65.1 Å². The molecule has 2 unspecified atom stereocenters. The first-order chi connectivity index (χ1) is 10.6. The van der Waals surface area contributed by atoms with Crippen LogP contribution in [0.5, 0.6) is 5.75 Å². The zero-order chi connectivity index (χ0) is 15.3. The predicted molar refractivity (Wildman–Crippen MR) is 93.4 cm³/mol. The van der Waals surface area contributed by atoms with E-state index in [9.17, 15) is 0 Å². The van der Waals surface area contributed by atoms with E-state index in [0.29, 0.717) is 5.92 Å². The van der Waals surface area contributed by atoms with Gasteiger partial charge in [-0.3, -0.25) is 0 Å². The lowest BCUT2D eigenvalue weighted by molar-refractivity contribution is -0.0461. The van der Waals surface area contributed by atoms with Crippen molar-refractivity contribution in [3.8, 4) is 5.75 Å². The minimum Gasteiger partial charge on any atom is -0.468 e. The van der Waals surface area contributed by atoms with E-state index < -0.39 is 0 Å². The molecule has 2 aromatic rings. The van der Waals surface area contributed by atoms with Gasteiger partial charge in [0, 0.05) is 17.9 Å². The molecule has 1 aromatic carbocycles. The van der Waals surface area contributed by atoms with Gasteiger partial charge in [0.05, 0.1) is 20.4 Å². The lowest BCUT2D eigenvalue weighted by atomic mass is 9.97. The highest BCUT2D eigenvalue weighted by Gasteiger charge is 2.41. The monoisotopic (exact) mass is 376 g/mol. The van der Waals surface area contributed by atoms with Crippen LogP contribution in [-0.2, 0) is 0 Å². The molecule has 2 aliphatic rings. The summed E-state index contributed by atoms with van der Waals surface area (Å²) < 4.78 is 7.36. The number of hydrogen-bond acceptors (Lipinski definition) is 4. The molecule has 0 fully saturated rings. The van der Waals surface area contributed by atoms with Crippen molar-refractivity contribution in [1.82, 2.24) is 5.01 Å². The molecule has 1 aromatic heterocycles. The fourth-order valence-electron chi connectivity index (χ4n) is 3.12. The number of hydrogen-bond donors (Lipinski definition) is 0. The molecule has 0 bridgehead atoms. The second-order valence-corrected chi connectivity index (χ2v) is 8.50. The van der Waals surface area contributed by atoms with Crippen molar-refractivity contribution >= 4 is 33.0 Å². The van der Waals surface area contributed by atoms with Crippen molar-refractivity contribution in [2.45, 2.75) is 32.5 Å². The lowest BCUT2D eigenvalue weighted by Gasteiger charge is -2.39. The third-order valence-corrected chi connectivity index (χ3v) is 5.83. The average molecular weight is 377 g/mol. The Morgan fingerprint density at radius 2 is 2.09 bits per heavy atom. The molecule has 0 spiro atoms. The highest BCUT2D eigenvalue weighted by Crippen LogP contribution is 2.44. The van der Waals surface area contributed by atoms with Crippen molar-refractivity contribution in [3.05, 3.63) is 50.6 Å². The molecule has 2 aliphatic heterocycles. The molecule has 0 saturated carbocycles. The van der Waals surface area contributed by atoms with E-state index in [1.165, 1.54) is 10.4 Å². The number of fused-ring (bicyclic) bond motifs is 3. The number of ether oxygens (including phenoxy) is 1. The molecule has 0 aliphatic carbocycles. The maximum absolute atomic E-state index is 6.21. The lowest BCUT2D eigenvalue weighted by Crippen LogP contribution is -2.43. The maximum atomic E-state index is 6.21. The quantitative estimate of drug-likeness (QED) is 0.733. The summed E-state index contributed by atoms with van der Waals surface area (Å²) in [7, 11) is 0. The molecule has 22 heavy (non-hydrogen) atoms. The summed E-state index contributed by atoms with van der Waals surface area (Å²) in [5, 5.41) is 7.07. The Morgan fingerprint density at radius 1 is 1.27 bits per heavy atom. The first-order valence-corrected chi connectivity index (χ1v) is 9.11. The molecular weight excluding hydrogens is 360 g/mol. The van der Waals surface area contributed by atoms with Crippen molar-refractivity contribution in [2.75, 3.05) is 0 Å². The van der Waals surface area contributed by atoms with Gasteiger partial charge in [-0.05, 0) is 34.1 Å². The van der Waals surface area contributed by atoms with E-state index in [4.69, 9.17) is 9.84 Å². The van der Waals surface area contributed by atoms with E-state index in [-0.39, 0.29) is 12.3 Å². The second-order valence-electron chi connectivity index (χ2n) is 6.04. The van der Waals surface area contributed by atoms with Gasteiger partial charge in [0.25, 0.3) is 0 Å². The topological polar surface area (TPSA) is 24.8 Å². The van der Waals surface area contributed by atoms with Crippen molar-refractivity contribution in [1.29, 1.82) is 0 Å². The number of benzene rings is 1. The number of thiophene rings is 1. The van der Waals surface area contributed by atoms with Crippen LogP contribution in [0.15, 0.2) is 45.3 Å². The Bertz CT molecular complexity index is 740. The molecule has 0 radical (unpaired) electrons. The summed E-state index contributed by atoms with van der Waals surface area (Å²) in [6.07, 6.45) is 0.942. The van der Waals surface area contributed by atoms with E-state index >= 15 is 0 Å². The number of halogens is 1. The summed E-state index contributed by atoms with van der Waals surface area (Å²) in [5.41, 5.74) is 2.40. The third kappa shape index (κ3) is 2.27. The van der Waals surface area contributed by atoms with Crippen molar-refractivity contribution in [2.24, 2.45) is 11.0 Å². The summed E-state index contributed by atoms with van der Waals surface area (Å²) in [5.74, 6) is 1.39. The van der Waals surface area contributed by atoms with Crippen molar-refractivity contribution < 1.29 is 4.74 Å². The van der Waals surface area contributed by atoms with Crippen LogP contribution in [0.4, 0.5) is 0 Å². The van der Waals surface area contributed by atoms with E-state index in [1.807, 2.05) is 6.07 Å².